The Labute approximate surface area is 148 Å². The molecule has 2 unspecified atom stereocenters. The standard InChI is InChI=1S/C17H19N3O6/c1-9-7-20(16-13(23)12(22)11(8-21)26-16)17(25)19-14(9)18-15(24)10-5-3-2-4-6-10/h2-7,11-13,16,21-23H,8H2,1H3,(H,18,19,24,25)/t11-,12?,13?,16-/m1/s1. The van der Waals surface area contributed by atoms with E-state index in [2.05, 4.69) is 10.3 Å². The minimum atomic E-state index is -1.39. The van der Waals surface area contributed by atoms with Crippen molar-refractivity contribution in [2.24, 2.45) is 0 Å². The molecule has 0 bridgehead atoms. The van der Waals surface area contributed by atoms with E-state index in [1.54, 1.807) is 37.3 Å². The Morgan fingerprint density at radius 3 is 2.58 bits per heavy atom. The molecule has 1 fully saturated rings. The molecule has 4 atom stereocenters. The Kier molecular flexibility index (Phi) is 5.14. The summed E-state index contributed by atoms with van der Waals surface area (Å²) in [5, 5.41) is 31.6. The minimum Gasteiger partial charge on any atom is -0.394 e. The highest BCUT2D eigenvalue weighted by Gasteiger charge is 2.43. The zero-order valence-corrected chi connectivity index (χ0v) is 13.9. The second-order valence-electron chi connectivity index (χ2n) is 6.01. The van der Waals surface area contributed by atoms with Crippen molar-refractivity contribution >= 4 is 11.7 Å². The van der Waals surface area contributed by atoms with Crippen LogP contribution in [0.3, 0.4) is 0 Å². The Morgan fingerprint density at radius 1 is 1.27 bits per heavy atom. The van der Waals surface area contributed by atoms with Crippen LogP contribution < -0.4 is 11.0 Å². The van der Waals surface area contributed by atoms with E-state index >= 15 is 0 Å². The molecule has 2 aromatic rings. The zero-order valence-electron chi connectivity index (χ0n) is 13.9. The van der Waals surface area contributed by atoms with Gasteiger partial charge in [0.25, 0.3) is 5.91 Å². The Morgan fingerprint density at radius 2 is 1.96 bits per heavy atom. The number of aliphatic hydroxyl groups excluding tert-OH is 3. The van der Waals surface area contributed by atoms with Gasteiger partial charge in [0.2, 0.25) is 0 Å². The third kappa shape index (κ3) is 3.37. The van der Waals surface area contributed by atoms with Gasteiger partial charge >= 0.3 is 5.69 Å². The number of amides is 1. The summed E-state index contributed by atoms with van der Waals surface area (Å²) in [5.74, 6) is -0.321. The normalized spacial score (nSPS) is 25.2. The first-order chi connectivity index (χ1) is 12.4. The molecule has 2 heterocycles. The lowest BCUT2D eigenvalue weighted by Gasteiger charge is -2.18. The number of carbonyl (C=O) groups excluding carboxylic acids is 1. The lowest BCUT2D eigenvalue weighted by Crippen LogP contribution is -2.36. The van der Waals surface area contributed by atoms with Crippen molar-refractivity contribution in [1.82, 2.24) is 9.55 Å². The van der Waals surface area contributed by atoms with Crippen LogP contribution in [0.1, 0.15) is 22.1 Å². The number of benzene rings is 1. The van der Waals surface area contributed by atoms with E-state index in [0.29, 0.717) is 11.1 Å². The quantitative estimate of drug-likeness (QED) is 0.572. The molecule has 1 aromatic heterocycles. The third-order valence-corrected chi connectivity index (χ3v) is 4.19. The fourth-order valence-corrected chi connectivity index (χ4v) is 2.75. The molecular weight excluding hydrogens is 342 g/mol. The maximum Gasteiger partial charge on any atom is 0.351 e. The number of hydrogen-bond acceptors (Lipinski definition) is 7. The molecule has 0 aliphatic carbocycles. The van der Waals surface area contributed by atoms with Crippen LogP contribution in [0.15, 0.2) is 41.3 Å². The molecule has 0 saturated carbocycles. The van der Waals surface area contributed by atoms with Gasteiger partial charge in [-0.3, -0.25) is 9.36 Å². The number of rotatable bonds is 4. The van der Waals surface area contributed by atoms with Crippen molar-refractivity contribution in [3.8, 4) is 0 Å². The van der Waals surface area contributed by atoms with Gasteiger partial charge in [-0.05, 0) is 19.1 Å². The lowest BCUT2D eigenvalue weighted by atomic mass is 10.1. The fourth-order valence-electron chi connectivity index (χ4n) is 2.75. The van der Waals surface area contributed by atoms with Gasteiger partial charge in [0, 0.05) is 17.3 Å². The highest BCUT2D eigenvalue weighted by molar-refractivity contribution is 6.03. The summed E-state index contributed by atoms with van der Waals surface area (Å²) in [6, 6.07) is 8.47. The molecule has 4 N–H and O–H groups in total. The van der Waals surface area contributed by atoms with Crippen LogP contribution >= 0.6 is 0 Å². The van der Waals surface area contributed by atoms with E-state index in [0.717, 1.165) is 4.57 Å². The second-order valence-corrected chi connectivity index (χ2v) is 6.01. The van der Waals surface area contributed by atoms with Crippen molar-refractivity contribution in [2.75, 3.05) is 11.9 Å². The summed E-state index contributed by atoms with van der Waals surface area (Å²) in [4.78, 5) is 28.4. The molecule has 0 spiro atoms. The predicted molar refractivity (Wildman–Crippen MR) is 90.6 cm³/mol. The van der Waals surface area contributed by atoms with Crippen molar-refractivity contribution in [3.63, 3.8) is 0 Å². The summed E-state index contributed by atoms with van der Waals surface area (Å²) in [6.45, 7) is 1.13. The average Bonchev–Trinajstić information content (AvgIpc) is 2.93. The van der Waals surface area contributed by atoms with Crippen molar-refractivity contribution in [3.05, 3.63) is 58.1 Å². The van der Waals surface area contributed by atoms with Crippen molar-refractivity contribution in [2.45, 2.75) is 31.5 Å². The second kappa shape index (κ2) is 7.34. The Bertz CT molecular complexity index is 853. The van der Waals surface area contributed by atoms with E-state index in [1.807, 2.05) is 0 Å². The molecule has 1 amide bonds. The number of aliphatic hydroxyl groups is 3. The topological polar surface area (TPSA) is 134 Å². The van der Waals surface area contributed by atoms with Crippen molar-refractivity contribution in [1.29, 1.82) is 0 Å². The monoisotopic (exact) mass is 361 g/mol. The maximum atomic E-state index is 12.3. The number of anilines is 1. The summed E-state index contributed by atoms with van der Waals surface area (Å²) in [6.07, 6.45) is -3.53. The van der Waals surface area contributed by atoms with E-state index < -0.39 is 42.7 Å². The minimum absolute atomic E-state index is 0.0897. The van der Waals surface area contributed by atoms with Gasteiger partial charge in [-0.15, -0.1) is 0 Å². The van der Waals surface area contributed by atoms with Crippen LogP contribution in [0.5, 0.6) is 0 Å². The van der Waals surface area contributed by atoms with Gasteiger partial charge in [0.05, 0.1) is 6.61 Å². The largest absolute Gasteiger partial charge is 0.394 e. The molecule has 138 valence electrons. The van der Waals surface area contributed by atoms with E-state index in [9.17, 15) is 19.8 Å². The van der Waals surface area contributed by atoms with E-state index in [1.165, 1.54) is 6.20 Å². The summed E-state index contributed by atoms with van der Waals surface area (Å²) >= 11 is 0. The van der Waals surface area contributed by atoms with Crippen LogP contribution in [0.4, 0.5) is 5.82 Å². The van der Waals surface area contributed by atoms with E-state index in [-0.39, 0.29) is 5.82 Å². The smallest absolute Gasteiger partial charge is 0.351 e. The SMILES string of the molecule is Cc1cn([C@@H]2O[C@H](CO)C(O)C2O)c(=O)nc1NC(=O)c1ccccc1. The van der Waals surface area contributed by atoms with Crippen LogP contribution in [-0.4, -0.2) is 55.7 Å². The molecule has 1 aliphatic rings. The van der Waals surface area contributed by atoms with Gasteiger partial charge in [0.15, 0.2) is 6.23 Å². The summed E-state index contributed by atoms with van der Waals surface area (Å²) in [7, 11) is 0. The number of nitrogens with one attached hydrogen (secondary N) is 1. The highest BCUT2D eigenvalue weighted by atomic mass is 16.6. The van der Waals surface area contributed by atoms with E-state index in [4.69, 9.17) is 9.84 Å². The number of ether oxygens (including phenoxy) is 1. The van der Waals surface area contributed by atoms with Crippen LogP contribution in [0.2, 0.25) is 0 Å². The van der Waals surface area contributed by atoms with Gasteiger partial charge < -0.3 is 25.4 Å². The first kappa shape index (κ1) is 18.2. The predicted octanol–water partition coefficient (Wildman–Crippen LogP) is -0.584. The molecule has 9 nitrogen and oxygen atoms in total. The number of nitrogens with zero attached hydrogens (tertiary/aromatic N) is 2. The first-order valence-electron chi connectivity index (χ1n) is 8.01. The molecule has 0 radical (unpaired) electrons. The van der Waals surface area contributed by atoms with Gasteiger partial charge in [-0.25, -0.2) is 4.79 Å². The summed E-state index contributed by atoms with van der Waals surface area (Å²) in [5.41, 5.74) is 0.113. The molecule has 1 saturated heterocycles. The average molecular weight is 361 g/mol. The van der Waals surface area contributed by atoms with Crippen LogP contribution in [0, 0.1) is 6.92 Å². The number of carbonyl (C=O) groups is 1. The molecule has 1 aliphatic heterocycles. The zero-order chi connectivity index (χ0) is 18.8. The number of aromatic nitrogens is 2. The Hall–Kier alpha value is -2.59. The molecular formula is C17H19N3O6. The Balaban J connectivity index is 1.85. The summed E-state index contributed by atoms with van der Waals surface area (Å²) < 4.78 is 6.36. The molecule has 3 rings (SSSR count). The van der Waals surface area contributed by atoms with Gasteiger partial charge in [-0.2, -0.15) is 4.98 Å². The van der Waals surface area contributed by atoms with Crippen LogP contribution in [-0.2, 0) is 4.74 Å². The maximum absolute atomic E-state index is 12.3. The first-order valence-corrected chi connectivity index (χ1v) is 8.01. The van der Waals surface area contributed by atoms with Gasteiger partial charge in [-0.1, -0.05) is 18.2 Å². The molecule has 26 heavy (non-hydrogen) atoms. The fraction of sp³-hybridized carbons (Fsp3) is 0.353. The number of hydrogen-bond donors (Lipinski definition) is 4. The number of aryl methyl sites for hydroxylation is 1. The van der Waals surface area contributed by atoms with Gasteiger partial charge in [0.1, 0.15) is 24.1 Å². The molecule has 9 heteroatoms. The van der Waals surface area contributed by atoms with Crippen LogP contribution in [0.25, 0.3) is 0 Å². The highest BCUT2D eigenvalue weighted by Crippen LogP contribution is 2.28. The third-order valence-electron chi connectivity index (χ3n) is 4.19. The molecule has 1 aromatic carbocycles. The van der Waals surface area contributed by atoms with Crippen molar-refractivity contribution < 1.29 is 24.9 Å². The lowest BCUT2D eigenvalue weighted by molar-refractivity contribution is -0.0550.